The fourth-order valence-corrected chi connectivity index (χ4v) is 1.48. The number of likely N-dealkylation sites (N-methyl/N-ethyl adjacent to an activating group) is 1. The summed E-state index contributed by atoms with van der Waals surface area (Å²) in [4.78, 5) is 19.7. The number of aromatic nitrogens is 2. The molecule has 0 amide bonds. The summed E-state index contributed by atoms with van der Waals surface area (Å²) in [5.74, 6) is 0.505. The summed E-state index contributed by atoms with van der Waals surface area (Å²) in [6.45, 7) is 9.09. The van der Waals surface area contributed by atoms with Gasteiger partial charge in [-0.1, -0.05) is 23.8 Å². The van der Waals surface area contributed by atoms with E-state index in [0.717, 1.165) is 12.1 Å². The van der Waals surface area contributed by atoms with Gasteiger partial charge in [-0.05, 0) is 13.8 Å². The number of hydrogen-bond donors (Lipinski definition) is 1. The number of halogens is 1. The Balaban J connectivity index is 3.07. The minimum Gasteiger partial charge on any atom is -0.351 e. The van der Waals surface area contributed by atoms with Gasteiger partial charge in [0.25, 0.3) is 5.56 Å². The van der Waals surface area contributed by atoms with Crippen LogP contribution in [-0.2, 0) is 0 Å². The van der Waals surface area contributed by atoms with Crippen LogP contribution in [0.1, 0.15) is 13.8 Å². The van der Waals surface area contributed by atoms with Crippen LogP contribution >= 0.6 is 11.6 Å². The van der Waals surface area contributed by atoms with Crippen LogP contribution in [0.2, 0.25) is 5.02 Å². The lowest BCUT2D eigenvalue weighted by Crippen LogP contribution is -2.27. The second-order valence-corrected chi connectivity index (χ2v) is 3.72. The normalized spacial score (nSPS) is 10.1. The van der Waals surface area contributed by atoms with E-state index < -0.39 is 0 Å². The van der Waals surface area contributed by atoms with E-state index in [1.54, 1.807) is 0 Å². The van der Waals surface area contributed by atoms with E-state index in [2.05, 4.69) is 16.5 Å². The number of H-pyrrole nitrogens is 1. The van der Waals surface area contributed by atoms with Crippen LogP contribution in [0.15, 0.2) is 23.3 Å². The maximum Gasteiger partial charge on any atom is 0.271 e. The van der Waals surface area contributed by atoms with Crippen molar-refractivity contribution in [2.75, 3.05) is 18.0 Å². The molecular formula is C10H14ClN3O. The van der Waals surface area contributed by atoms with Gasteiger partial charge in [0.1, 0.15) is 5.02 Å². The van der Waals surface area contributed by atoms with Crippen molar-refractivity contribution in [2.45, 2.75) is 13.8 Å². The van der Waals surface area contributed by atoms with Crippen LogP contribution in [0.4, 0.5) is 5.82 Å². The number of hydrogen-bond acceptors (Lipinski definition) is 3. The van der Waals surface area contributed by atoms with Crippen molar-refractivity contribution in [3.8, 4) is 0 Å². The van der Waals surface area contributed by atoms with Gasteiger partial charge in [0.2, 0.25) is 0 Å². The zero-order valence-electron chi connectivity index (χ0n) is 8.88. The zero-order chi connectivity index (χ0) is 11.4. The van der Waals surface area contributed by atoms with E-state index in [1.807, 2.05) is 18.7 Å². The first-order chi connectivity index (χ1) is 7.06. The van der Waals surface area contributed by atoms with Crippen molar-refractivity contribution in [3.63, 3.8) is 0 Å². The van der Waals surface area contributed by atoms with E-state index in [4.69, 9.17) is 11.6 Å². The largest absolute Gasteiger partial charge is 0.351 e. The predicted molar refractivity (Wildman–Crippen MR) is 62.6 cm³/mol. The molecule has 0 aliphatic rings. The Bertz CT molecular complexity index is 413. The summed E-state index contributed by atoms with van der Waals surface area (Å²) in [5, 5.41) is 0.126. The molecule has 15 heavy (non-hydrogen) atoms. The molecule has 0 radical (unpaired) electrons. The van der Waals surface area contributed by atoms with Gasteiger partial charge in [-0.25, -0.2) is 4.98 Å². The number of aromatic amines is 1. The maximum absolute atomic E-state index is 11.3. The quantitative estimate of drug-likeness (QED) is 0.799. The molecule has 0 unspecified atom stereocenters. The van der Waals surface area contributed by atoms with Gasteiger partial charge in [0, 0.05) is 13.1 Å². The van der Waals surface area contributed by atoms with Crippen molar-refractivity contribution < 1.29 is 0 Å². The highest BCUT2D eigenvalue weighted by molar-refractivity contribution is 6.32. The molecule has 1 N–H and O–H groups in total. The van der Waals surface area contributed by atoms with E-state index >= 15 is 0 Å². The fraction of sp³-hybridized carbons (Fsp3) is 0.400. The maximum atomic E-state index is 11.3. The Morgan fingerprint density at radius 1 is 1.73 bits per heavy atom. The summed E-state index contributed by atoms with van der Waals surface area (Å²) in [6.07, 6.45) is 1.35. The second-order valence-electron chi connectivity index (χ2n) is 3.34. The SMILES string of the molecule is C=C(C)CN(CC)c1nc[nH]c(=O)c1Cl. The molecule has 0 spiro atoms. The highest BCUT2D eigenvalue weighted by Gasteiger charge is 2.12. The third-order valence-electron chi connectivity index (χ3n) is 1.92. The average Bonchev–Trinajstić information content (AvgIpc) is 2.19. The summed E-state index contributed by atoms with van der Waals surface area (Å²) in [5.41, 5.74) is 0.678. The molecule has 82 valence electrons. The number of anilines is 1. The van der Waals surface area contributed by atoms with E-state index in [0.29, 0.717) is 12.4 Å². The molecule has 0 bridgehead atoms. The van der Waals surface area contributed by atoms with Crippen LogP contribution in [0, 0.1) is 0 Å². The predicted octanol–water partition coefficient (Wildman–Crippen LogP) is 1.83. The van der Waals surface area contributed by atoms with Crippen molar-refractivity contribution in [2.24, 2.45) is 0 Å². The summed E-state index contributed by atoms with van der Waals surface area (Å²) >= 11 is 5.87. The van der Waals surface area contributed by atoms with Gasteiger partial charge in [-0.2, -0.15) is 0 Å². The van der Waals surface area contributed by atoms with Crippen LogP contribution in [0.25, 0.3) is 0 Å². The van der Waals surface area contributed by atoms with E-state index in [1.165, 1.54) is 6.33 Å². The van der Waals surface area contributed by atoms with Crippen LogP contribution in [0.5, 0.6) is 0 Å². The Morgan fingerprint density at radius 3 is 2.93 bits per heavy atom. The lowest BCUT2D eigenvalue weighted by Gasteiger charge is -2.22. The molecule has 0 aliphatic carbocycles. The minimum absolute atomic E-state index is 0.126. The molecule has 0 aliphatic heterocycles. The molecule has 0 fully saturated rings. The molecule has 1 rings (SSSR count). The van der Waals surface area contributed by atoms with E-state index in [9.17, 15) is 4.79 Å². The first-order valence-corrected chi connectivity index (χ1v) is 5.06. The van der Waals surface area contributed by atoms with Crippen molar-refractivity contribution in [3.05, 3.63) is 33.9 Å². The standard InChI is InChI=1S/C10H14ClN3O/c1-4-14(5-7(2)3)9-8(11)10(15)13-6-12-9/h6H,2,4-5H2,1,3H3,(H,12,13,15). The molecule has 5 heteroatoms. The summed E-state index contributed by atoms with van der Waals surface area (Å²) < 4.78 is 0. The van der Waals surface area contributed by atoms with Gasteiger partial charge in [-0.15, -0.1) is 0 Å². The van der Waals surface area contributed by atoms with Crippen LogP contribution in [0.3, 0.4) is 0 Å². The van der Waals surface area contributed by atoms with E-state index in [-0.39, 0.29) is 10.6 Å². The first-order valence-electron chi connectivity index (χ1n) is 4.68. The van der Waals surface area contributed by atoms with Gasteiger partial charge < -0.3 is 9.88 Å². The third kappa shape index (κ3) is 2.83. The smallest absolute Gasteiger partial charge is 0.271 e. The molecule has 1 aromatic rings. The summed E-state index contributed by atoms with van der Waals surface area (Å²) in [6, 6.07) is 0. The molecule has 1 aromatic heterocycles. The molecule has 1 heterocycles. The molecular weight excluding hydrogens is 214 g/mol. The fourth-order valence-electron chi connectivity index (χ4n) is 1.26. The van der Waals surface area contributed by atoms with Crippen LogP contribution in [-0.4, -0.2) is 23.1 Å². The topological polar surface area (TPSA) is 49.0 Å². The number of rotatable bonds is 4. The molecule has 0 saturated heterocycles. The van der Waals surface area contributed by atoms with Crippen molar-refractivity contribution in [1.82, 2.24) is 9.97 Å². The molecule has 0 saturated carbocycles. The zero-order valence-corrected chi connectivity index (χ0v) is 9.64. The lowest BCUT2D eigenvalue weighted by atomic mass is 10.3. The Kier molecular flexibility index (Phi) is 3.91. The van der Waals surface area contributed by atoms with Crippen molar-refractivity contribution >= 4 is 17.4 Å². The third-order valence-corrected chi connectivity index (χ3v) is 2.26. The first kappa shape index (κ1) is 11.8. The average molecular weight is 228 g/mol. The summed E-state index contributed by atoms with van der Waals surface area (Å²) in [7, 11) is 0. The number of nitrogens with one attached hydrogen (secondary N) is 1. The highest BCUT2D eigenvalue weighted by atomic mass is 35.5. The Hall–Kier alpha value is -1.29. The second kappa shape index (κ2) is 4.98. The Labute approximate surface area is 93.6 Å². The molecule has 0 aromatic carbocycles. The van der Waals surface area contributed by atoms with Crippen molar-refractivity contribution in [1.29, 1.82) is 0 Å². The highest BCUT2D eigenvalue weighted by Crippen LogP contribution is 2.18. The van der Waals surface area contributed by atoms with Gasteiger partial charge >= 0.3 is 0 Å². The van der Waals surface area contributed by atoms with Gasteiger partial charge in [0.15, 0.2) is 5.82 Å². The molecule has 4 nitrogen and oxygen atoms in total. The Morgan fingerprint density at radius 2 is 2.40 bits per heavy atom. The number of nitrogens with zero attached hydrogens (tertiary/aromatic N) is 2. The monoisotopic (exact) mass is 227 g/mol. The van der Waals surface area contributed by atoms with Crippen LogP contribution < -0.4 is 10.5 Å². The van der Waals surface area contributed by atoms with Gasteiger partial charge in [-0.3, -0.25) is 4.79 Å². The van der Waals surface area contributed by atoms with Gasteiger partial charge in [0.05, 0.1) is 6.33 Å². The lowest BCUT2D eigenvalue weighted by molar-refractivity contribution is 0.851. The minimum atomic E-state index is -0.318. The molecule has 0 atom stereocenters.